The third-order valence-electron chi connectivity index (χ3n) is 1.06. The molecular weight excluding hydrogens is 162 g/mol. The summed E-state index contributed by atoms with van der Waals surface area (Å²) in [5, 5.41) is 6.50. The van der Waals surface area contributed by atoms with E-state index in [1.165, 1.54) is 0 Å². The molecule has 2 heterocycles. The molecule has 0 saturated heterocycles. The van der Waals surface area contributed by atoms with E-state index in [4.69, 9.17) is 5.26 Å². The summed E-state index contributed by atoms with van der Waals surface area (Å²) in [5.74, 6) is 0. The number of pyridine rings is 1. The highest BCUT2D eigenvalue weighted by Gasteiger charge is 1.58. The number of H-pyrrole nitrogens is 1. The van der Waals surface area contributed by atoms with Crippen molar-refractivity contribution < 1.29 is 0 Å². The number of nitrogens with zero attached hydrogens (tertiary/aromatic N) is 2. The number of hydrogen-bond donors (Lipinski definition) is 1. The fraction of sp³-hybridized carbons (Fsp3) is 0. The van der Waals surface area contributed by atoms with E-state index < -0.39 is 0 Å². The van der Waals surface area contributed by atoms with Crippen LogP contribution in [0.15, 0.2) is 55.1 Å². The fourth-order valence-electron chi connectivity index (χ4n) is 0.590. The van der Waals surface area contributed by atoms with Crippen LogP contribution in [0, 0.1) is 11.8 Å². The fourth-order valence-corrected chi connectivity index (χ4v) is 0.590. The zero-order valence-electron chi connectivity index (χ0n) is 7.17. The Morgan fingerprint density at radius 3 is 1.54 bits per heavy atom. The average Bonchev–Trinajstić information content (AvgIpc) is 2.82. The molecule has 0 atom stereocenters. The largest absolute Gasteiger partial charge is 0.368 e. The number of aromatic amines is 1. The van der Waals surface area contributed by atoms with Crippen LogP contribution in [0.25, 0.3) is 0 Å². The number of hydrogen-bond acceptors (Lipinski definition) is 2. The molecule has 66 valence electrons. The van der Waals surface area contributed by atoms with E-state index in [1.54, 1.807) is 12.4 Å². The van der Waals surface area contributed by atoms with Crippen LogP contribution in [0.5, 0.6) is 0 Å². The molecule has 0 spiro atoms. The predicted molar refractivity (Wildman–Crippen MR) is 51.7 cm³/mol. The number of aromatic nitrogens is 2. The van der Waals surface area contributed by atoms with Crippen molar-refractivity contribution in [3.05, 3.63) is 55.1 Å². The minimum Gasteiger partial charge on any atom is -0.368 e. The molecule has 0 aliphatic carbocycles. The standard InChI is InChI=1S/C5H5N.C4H5N.CHN/c1-2-4-6-5-3-1;1-2-4-5-3-1;1-2/h1-5H;1-5H;1H. The van der Waals surface area contributed by atoms with Crippen LogP contribution in [0.1, 0.15) is 0 Å². The summed E-state index contributed by atoms with van der Waals surface area (Å²) in [4.78, 5) is 6.65. The Labute approximate surface area is 77.7 Å². The summed E-state index contributed by atoms with van der Waals surface area (Å²) in [6, 6.07) is 9.60. The third-order valence-corrected chi connectivity index (χ3v) is 1.06. The molecule has 1 N–H and O–H groups in total. The lowest BCUT2D eigenvalue weighted by Gasteiger charge is -1.70. The Kier molecular flexibility index (Phi) is 8.33. The van der Waals surface area contributed by atoms with Crippen LogP contribution in [0.2, 0.25) is 0 Å². The van der Waals surface area contributed by atoms with Crippen molar-refractivity contribution >= 4 is 0 Å². The van der Waals surface area contributed by atoms with Gasteiger partial charge in [-0.15, -0.1) is 0 Å². The van der Waals surface area contributed by atoms with Gasteiger partial charge in [-0.3, -0.25) is 4.98 Å². The van der Waals surface area contributed by atoms with Crippen molar-refractivity contribution in [2.75, 3.05) is 0 Å². The van der Waals surface area contributed by atoms with Crippen LogP contribution < -0.4 is 0 Å². The maximum absolute atomic E-state index is 6.50. The number of rotatable bonds is 0. The molecule has 3 heteroatoms. The first-order valence-electron chi connectivity index (χ1n) is 3.69. The molecule has 0 saturated carbocycles. The summed E-state index contributed by atoms with van der Waals surface area (Å²) in [7, 11) is 0. The topological polar surface area (TPSA) is 52.5 Å². The molecule has 0 bridgehead atoms. The summed E-state index contributed by atoms with van der Waals surface area (Å²) >= 11 is 0. The highest BCUT2D eigenvalue weighted by molar-refractivity contribution is 4.88. The van der Waals surface area contributed by atoms with Gasteiger partial charge in [0.15, 0.2) is 0 Å². The maximum atomic E-state index is 6.50. The lowest BCUT2D eigenvalue weighted by atomic mass is 10.5. The molecular formula is C10H11N3. The van der Waals surface area contributed by atoms with Crippen molar-refractivity contribution in [1.29, 1.82) is 5.26 Å². The molecule has 13 heavy (non-hydrogen) atoms. The minimum atomic E-state index is 1.75. The van der Waals surface area contributed by atoms with Crippen LogP contribution >= 0.6 is 0 Å². The zero-order chi connectivity index (χ0) is 9.78. The van der Waals surface area contributed by atoms with Crippen LogP contribution in [0.3, 0.4) is 0 Å². The first-order chi connectivity index (χ1) is 6.50. The van der Waals surface area contributed by atoms with Gasteiger partial charge in [-0.25, -0.2) is 5.26 Å². The van der Waals surface area contributed by atoms with E-state index in [0.717, 1.165) is 0 Å². The molecule has 2 aromatic rings. The van der Waals surface area contributed by atoms with E-state index in [1.807, 2.05) is 42.7 Å². The second kappa shape index (κ2) is 9.92. The second-order valence-corrected chi connectivity index (χ2v) is 1.91. The molecule has 3 nitrogen and oxygen atoms in total. The highest BCUT2D eigenvalue weighted by atomic mass is 14.6. The molecule has 0 radical (unpaired) electrons. The van der Waals surface area contributed by atoms with Gasteiger partial charge in [-0.2, -0.15) is 0 Å². The maximum Gasteiger partial charge on any atom is 0.0462 e. The van der Waals surface area contributed by atoms with Crippen molar-refractivity contribution in [3.63, 3.8) is 0 Å². The van der Waals surface area contributed by atoms with E-state index in [-0.39, 0.29) is 0 Å². The Hall–Kier alpha value is -2.08. The highest BCUT2D eigenvalue weighted by Crippen LogP contribution is 1.73. The van der Waals surface area contributed by atoms with Crippen LogP contribution in [-0.4, -0.2) is 9.97 Å². The van der Waals surface area contributed by atoms with Crippen molar-refractivity contribution in [2.45, 2.75) is 0 Å². The van der Waals surface area contributed by atoms with E-state index >= 15 is 0 Å². The summed E-state index contributed by atoms with van der Waals surface area (Å²) in [6.07, 6.45) is 7.25. The van der Waals surface area contributed by atoms with Gasteiger partial charge in [0.25, 0.3) is 0 Å². The smallest absolute Gasteiger partial charge is 0.0462 e. The van der Waals surface area contributed by atoms with E-state index in [2.05, 4.69) is 16.5 Å². The summed E-state index contributed by atoms with van der Waals surface area (Å²) < 4.78 is 0. The van der Waals surface area contributed by atoms with Gasteiger partial charge in [0.2, 0.25) is 0 Å². The normalized spacial score (nSPS) is 6.92. The van der Waals surface area contributed by atoms with Gasteiger partial charge < -0.3 is 4.98 Å². The van der Waals surface area contributed by atoms with Gasteiger partial charge in [0.1, 0.15) is 0 Å². The Morgan fingerprint density at radius 2 is 1.38 bits per heavy atom. The van der Waals surface area contributed by atoms with E-state index in [0.29, 0.717) is 0 Å². The second-order valence-electron chi connectivity index (χ2n) is 1.91. The molecule has 2 rings (SSSR count). The third kappa shape index (κ3) is 7.82. The van der Waals surface area contributed by atoms with Gasteiger partial charge in [0, 0.05) is 31.4 Å². The van der Waals surface area contributed by atoms with Crippen molar-refractivity contribution in [1.82, 2.24) is 9.97 Å². The lowest BCUT2D eigenvalue weighted by Crippen LogP contribution is -1.58. The molecule has 0 aromatic carbocycles. The lowest BCUT2D eigenvalue weighted by molar-refractivity contribution is 1.33. The van der Waals surface area contributed by atoms with Crippen LogP contribution in [-0.2, 0) is 0 Å². The van der Waals surface area contributed by atoms with Gasteiger partial charge in [0.05, 0.1) is 0 Å². The summed E-state index contributed by atoms with van der Waals surface area (Å²) in [5.41, 5.74) is 0. The molecule has 0 aliphatic heterocycles. The molecule has 2 aromatic heterocycles. The monoisotopic (exact) mass is 173 g/mol. The first kappa shape index (κ1) is 10.9. The van der Waals surface area contributed by atoms with Crippen LogP contribution in [0.4, 0.5) is 0 Å². The van der Waals surface area contributed by atoms with E-state index in [9.17, 15) is 0 Å². The van der Waals surface area contributed by atoms with Gasteiger partial charge in [-0.1, -0.05) is 6.07 Å². The SMILES string of the molecule is C#N.c1cc[nH]c1.c1ccncc1. The quantitative estimate of drug-likeness (QED) is 0.664. The van der Waals surface area contributed by atoms with Gasteiger partial charge in [-0.05, 0) is 24.3 Å². The average molecular weight is 173 g/mol. The Bertz CT molecular complexity index is 229. The Morgan fingerprint density at radius 1 is 0.846 bits per heavy atom. The minimum absolute atomic E-state index is 1.75. The molecule has 0 aliphatic rings. The van der Waals surface area contributed by atoms with Crippen molar-refractivity contribution in [2.24, 2.45) is 0 Å². The zero-order valence-corrected chi connectivity index (χ0v) is 7.17. The number of nitrogens with one attached hydrogen (secondary N) is 1. The molecule has 0 unspecified atom stereocenters. The Balaban J connectivity index is 0.000000189. The summed E-state index contributed by atoms with van der Waals surface area (Å²) in [6.45, 7) is 3.50. The number of nitriles is 1. The predicted octanol–water partition coefficient (Wildman–Crippen LogP) is 2.24. The molecule has 0 fully saturated rings. The first-order valence-corrected chi connectivity index (χ1v) is 3.69. The van der Waals surface area contributed by atoms with Gasteiger partial charge >= 0.3 is 0 Å². The van der Waals surface area contributed by atoms with Crippen molar-refractivity contribution in [3.8, 4) is 6.57 Å². The molecule has 0 amide bonds.